The maximum absolute atomic E-state index is 14.1. The summed E-state index contributed by atoms with van der Waals surface area (Å²) in [5, 5.41) is 12.5. The van der Waals surface area contributed by atoms with E-state index >= 15 is 0 Å². The Labute approximate surface area is 283 Å². The summed E-state index contributed by atoms with van der Waals surface area (Å²) in [5.74, 6) is -0.782. The molecule has 3 N–H and O–H groups in total. The number of rotatable bonds is 17. The zero-order valence-corrected chi connectivity index (χ0v) is 28.6. The molecular weight excluding hydrogens is 608 g/mol. The molecule has 1 aliphatic carbocycles. The predicted octanol–water partition coefficient (Wildman–Crippen LogP) is 5.23. The van der Waals surface area contributed by atoms with Crippen molar-refractivity contribution in [1.82, 2.24) is 16.0 Å². The van der Waals surface area contributed by atoms with Crippen LogP contribution in [0.2, 0.25) is 0 Å². The summed E-state index contributed by atoms with van der Waals surface area (Å²) in [6, 6.07) is 14.8. The van der Waals surface area contributed by atoms with Crippen LogP contribution in [0.3, 0.4) is 0 Å². The lowest BCUT2D eigenvalue weighted by Gasteiger charge is -2.31. The van der Waals surface area contributed by atoms with E-state index in [1.807, 2.05) is 74.5 Å². The zero-order chi connectivity index (χ0) is 34.7. The number of hydrogen-bond donors (Lipinski definition) is 3. The first-order chi connectivity index (χ1) is 23.0. The number of carbonyl (C=O) groups excluding carboxylic acids is 4. The average Bonchev–Trinajstić information content (AvgIpc) is 3.83. The van der Waals surface area contributed by atoms with E-state index in [0.29, 0.717) is 25.4 Å². The number of amides is 3. The number of benzene rings is 2. The number of azide groups is 1. The van der Waals surface area contributed by atoms with Gasteiger partial charge in [-0.2, -0.15) is 0 Å². The Morgan fingerprint density at radius 1 is 0.833 bits per heavy atom. The number of carbonyl (C=O) groups is 4. The van der Waals surface area contributed by atoms with Crippen LogP contribution in [0.25, 0.3) is 10.4 Å². The molecule has 2 aliphatic rings. The smallest absolute Gasteiger partial charge is 0.243 e. The van der Waals surface area contributed by atoms with E-state index in [9.17, 15) is 24.7 Å². The molecule has 2 aromatic rings. The van der Waals surface area contributed by atoms with E-state index < -0.39 is 47.5 Å². The van der Waals surface area contributed by atoms with Crippen molar-refractivity contribution in [2.45, 2.75) is 109 Å². The lowest BCUT2D eigenvalue weighted by molar-refractivity contribution is -0.134. The summed E-state index contributed by atoms with van der Waals surface area (Å²) in [6.07, 6.45) is 5.12. The van der Waals surface area contributed by atoms with Gasteiger partial charge in [0.05, 0.1) is 12.6 Å². The highest BCUT2D eigenvalue weighted by Gasteiger charge is 2.50. The predicted molar refractivity (Wildman–Crippen MR) is 184 cm³/mol. The van der Waals surface area contributed by atoms with Gasteiger partial charge >= 0.3 is 0 Å². The lowest BCUT2D eigenvalue weighted by atomic mass is 9.80. The molecule has 1 unspecified atom stereocenters. The van der Waals surface area contributed by atoms with Crippen LogP contribution in [0.15, 0.2) is 65.8 Å². The number of epoxide rings is 1. The Morgan fingerprint density at radius 2 is 1.35 bits per heavy atom. The van der Waals surface area contributed by atoms with Gasteiger partial charge in [0.2, 0.25) is 17.7 Å². The fraction of sp³-hybridized carbons (Fsp3) is 0.568. The van der Waals surface area contributed by atoms with Crippen LogP contribution >= 0.6 is 0 Å². The van der Waals surface area contributed by atoms with Crippen LogP contribution < -0.4 is 16.0 Å². The van der Waals surface area contributed by atoms with Gasteiger partial charge in [-0.3, -0.25) is 19.2 Å². The topological polar surface area (TPSA) is 166 Å². The molecule has 0 aromatic heterocycles. The molecule has 3 amide bonds. The van der Waals surface area contributed by atoms with Crippen molar-refractivity contribution in [1.29, 1.82) is 0 Å². The third-order valence-corrected chi connectivity index (χ3v) is 9.46. The highest BCUT2D eigenvalue weighted by Crippen LogP contribution is 2.32. The second-order valence-corrected chi connectivity index (χ2v) is 14.2. The molecule has 1 saturated carbocycles. The van der Waals surface area contributed by atoms with Gasteiger partial charge in [0, 0.05) is 11.3 Å². The SMILES string of the molecule is CC(C)C[C@H](NC(=O)[C@H](Cc1ccccc1)NC(=O)[C@H](CC1CCC(C)CC1)NC(=O)C(Cc1ccccc1)N=[N+]=[N-])C(=O)[C@@]1(C)CO1. The van der Waals surface area contributed by atoms with Gasteiger partial charge in [-0.1, -0.05) is 112 Å². The van der Waals surface area contributed by atoms with Gasteiger partial charge < -0.3 is 20.7 Å². The van der Waals surface area contributed by atoms with E-state index in [4.69, 9.17) is 4.74 Å². The molecule has 2 fully saturated rings. The monoisotopic (exact) mass is 658 g/mol. The minimum absolute atomic E-state index is 0.126. The standard InChI is InChI=1S/C37H50N6O5/c1-24(2)19-29(33(44)37(4)23-48-37)39-34(45)30(20-26-11-7-5-8-12-26)40-35(46)31(21-28-17-15-25(3)16-18-28)41-36(47)32(42-43-38)22-27-13-9-6-10-14-27/h5-14,24-25,28-32H,15-23H2,1-4H3,(H,39,45)(H,40,46)(H,41,47)/t25?,28?,29-,30-,31-,32?,37+/m0/s1. The average molecular weight is 659 g/mol. The molecule has 48 heavy (non-hydrogen) atoms. The normalized spacial score (nSPS) is 22.7. The highest BCUT2D eigenvalue weighted by atomic mass is 16.6. The van der Waals surface area contributed by atoms with Crippen molar-refractivity contribution < 1.29 is 23.9 Å². The van der Waals surface area contributed by atoms with Gasteiger partial charge in [-0.25, -0.2) is 0 Å². The Hall–Kier alpha value is -4.21. The van der Waals surface area contributed by atoms with E-state index in [0.717, 1.165) is 36.8 Å². The van der Waals surface area contributed by atoms with Gasteiger partial charge in [-0.05, 0) is 60.6 Å². The molecule has 1 heterocycles. The lowest BCUT2D eigenvalue weighted by Crippen LogP contribution is -2.58. The van der Waals surface area contributed by atoms with E-state index in [1.54, 1.807) is 6.92 Å². The third kappa shape index (κ3) is 10.9. The number of Topliss-reactive ketones (excluding diaryl/α,β-unsaturated/α-hetero) is 1. The Morgan fingerprint density at radius 3 is 1.90 bits per heavy atom. The van der Waals surface area contributed by atoms with Crippen molar-refractivity contribution in [3.63, 3.8) is 0 Å². The Bertz CT molecular complexity index is 1430. The second-order valence-electron chi connectivity index (χ2n) is 14.2. The molecule has 258 valence electrons. The molecule has 5 atom stereocenters. The number of ether oxygens (including phenoxy) is 1. The minimum Gasteiger partial charge on any atom is -0.361 e. The molecule has 11 nitrogen and oxygen atoms in total. The molecule has 11 heteroatoms. The van der Waals surface area contributed by atoms with E-state index in [1.165, 1.54) is 0 Å². The van der Waals surface area contributed by atoms with Crippen LogP contribution in [0, 0.1) is 17.8 Å². The largest absolute Gasteiger partial charge is 0.361 e. The first-order valence-corrected chi connectivity index (χ1v) is 17.2. The van der Waals surface area contributed by atoms with Crippen LogP contribution in [0.1, 0.15) is 77.3 Å². The zero-order valence-electron chi connectivity index (χ0n) is 28.6. The van der Waals surface area contributed by atoms with Crippen LogP contribution in [0.4, 0.5) is 0 Å². The van der Waals surface area contributed by atoms with Gasteiger partial charge in [-0.15, -0.1) is 0 Å². The van der Waals surface area contributed by atoms with Crippen molar-refractivity contribution >= 4 is 23.5 Å². The van der Waals surface area contributed by atoms with Crippen molar-refractivity contribution in [2.24, 2.45) is 22.9 Å². The highest BCUT2D eigenvalue weighted by molar-refractivity contribution is 5.98. The molecule has 1 aliphatic heterocycles. The molecule has 4 rings (SSSR count). The number of nitrogens with zero attached hydrogens (tertiary/aromatic N) is 3. The third-order valence-electron chi connectivity index (χ3n) is 9.46. The number of ketones is 1. The van der Waals surface area contributed by atoms with Crippen molar-refractivity contribution in [3.05, 3.63) is 82.2 Å². The van der Waals surface area contributed by atoms with Crippen molar-refractivity contribution in [2.75, 3.05) is 6.61 Å². The molecule has 0 spiro atoms. The van der Waals surface area contributed by atoms with E-state index in [-0.39, 0.29) is 30.5 Å². The number of nitrogens with one attached hydrogen (secondary N) is 3. The summed E-state index contributed by atoms with van der Waals surface area (Å²) < 4.78 is 5.40. The first kappa shape index (κ1) is 36.6. The van der Waals surface area contributed by atoms with Crippen molar-refractivity contribution in [3.8, 4) is 0 Å². The van der Waals surface area contributed by atoms with E-state index in [2.05, 4.69) is 32.9 Å². The summed E-state index contributed by atoms with van der Waals surface area (Å²) in [4.78, 5) is 57.9. The van der Waals surface area contributed by atoms with Gasteiger partial charge in [0.25, 0.3) is 0 Å². The molecule has 0 radical (unpaired) electrons. The maximum Gasteiger partial charge on any atom is 0.243 e. The minimum atomic E-state index is -1.06. The first-order valence-electron chi connectivity index (χ1n) is 17.2. The molecule has 1 saturated heterocycles. The van der Waals surface area contributed by atoms with Gasteiger partial charge in [0.15, 0.2) is 5.78 Å². The van der Waals surface area contributed by atoms with Crippen LogP contribution in [0.5, 0.6) is 0 Å². The maximum atomic E-state index is 14.1. The molecular formula is C37H50N6O5. The summed E-state index contributed by atoms with van der Waals surface area (Å²) in [5.41, 5.74) is 9.99. The Kier molecular flexibility index (Phi) is 13.2. The summed E-state index contributed by atoms with van der Waals surface area (Å²) in [7, 11) is 0. The quantitative estimate of drug-likeness (QED) is 0.0916. The molecule has 2 aromatic carbocycles. The molecule has 0 bridgehead atoms. The van der Waals surface area contributed by atoms with Crippen LogP contribution in [-0.4, -0.2) is 59.9 Å². The fourth-order valence-electron chi connectivity index (χ4n) is 6.41. The Balaban J connectivity index is 1.56. The summed E-state index contributed by atoms with van der Waals surface area (Å²) >= 11 is 0. The fourth-order valence-corrected chi connectivity index (χ4v) is 6.41. The second kappa shape index (κ2) is 17.3. The van der Waals surface area contributed by atoms with Crippen LogP contribution in [-0.2, 0) is 36.8 Å². The summed E-state index contributed by atoms with van der Waals surface area (Å²) in [6.45, 7) is 8.21. The van der Waals surface area contributed by atoms with Gasteiger partial charge in [0.1, 0.15) is 23.7 Å². The number of hydrogen-bond acceptors (Lipinski definition) is 6.